The molecule has 2 aromatic heterocycles. The van der Waals surface area contributed by atoms with Gasteiger partial charge in [0.15, 0.2) is 5.65 Å². The second-order valence-corrected chi connectivity index (χ2v) is 4.87. The van der Waals surface area contributed by atoms with Gasteiger partial charge in [0.05, 0.1) is 11.3 Å². The quantitative estimate of drug-likeness (QED) is 0.790. The van der Waals surface area contributed by atoms with E-state index in [-0.39, 0.29) is 16.8 Å². The number of benzene rings is 1. The van der Waals surface area contributed by atoms with E-state index >= 15 is 0 Å². The molecule has 0 saturated carbocycles. The van der Waals surface area contributed by atoms with E-state index in [4.69, 9.17) is 0 Å². The van der Waals surface area contributed by atoms with Crippen molar-refractivity contribution in [1.29, 1.82) is 0 Å². The molecule has 3 aromatic rings. The number of alkyl halides is 3. The lowest BCUT2D eigenvalue weighted by Crippen LogP contribution is -2.14. The number of hydrogen-bond donors (Lipinski definition) is 1. The van der Waals surface area contributed by atoms with Gasteiger partial charge in [-0.15, -0.1) is 0 Å². The summed E-state index contributed by atoms with van der Waals surface area (Å²) < 4.78 is 39.7. The molecule has 0 unspecified atom stereocenters. The summed E-state index contributed by atoms with van der Waals surface area (Å²) in [6.07, 6.45) is -2.11. The van der Waals surface area contributed by atoms with Gasteiger partial charge in [-0.1, -0.05) is 19.1 Å². The van der Waals surface area contributed by atoms with Gasteiger partial charge in [0.25, 0.3) is 5.56 Å². The van der Waals surface area contributed by atoms with E-state index in [2.05, 4.69) is 10.1 Å². The van der Waals surface area contributed by atoms with Gasteiger partial charge in [-0.2, -0.15) is 13.2 Å². The zero-order valence-corrected chi connectivity index (χ0v) is 11.6. The third-order valence-corrected chi connectivity index (χ3v) is 3.44. The molecule has 1 N–H and O–H groups in total. The van der Waals surface area contributed by atoms with Gasteiger partial charge >= 0.3 is 6.18 Å². The molecule has 0 aliphatic rings. The SMILES string of the molecule is CCc1c[nH]n2c(=O)cc(-c3cccc(C(F)(F)F)c3)nc12. The van der Waals surface area contributed by atoms with Crippen LogP contribution in [-0.2, 0) is 12.6 Å². The molecule has 1 aromatic carbocycles. The molecule has 0 aliphatic carbocycles. The second kappa shape index (κ2) is 5.01. The fourth-order valence-electron chi connectivity index (χ4n) is 2.29. The van der Waals surface area contributed by atoms with Crippen LogP contribution in [0.15, 0.2) is 41.3 Å². The van der Waals surface area contributed by atoms with Crippen LogP contribution in [0.4, 0.5) is 13.2 Å². The van der Waals surface area contributed by atoms with Crippen LogP contribution in [0.3, 0.4) is 0 Å². The molecule has 22 heavy (non-hydrogen) atoms. The number of H-pyrrole nitrogens is 1. The van der Waals surface area contributed by atoms with Crippen molar-refractivity contribution < 1.29 is 13.2 Å². The maximum atomic E-state index is 12.8. The van der Waals surface area contributed by atoms with E-state index in [1.54, 1.807) is 6.20 Å². The van der Waals surface area contributed by atoms with Crippen LogP contribution in [0.2, 0.25) is 0 Å². The molecule has 0 bridgehead atoms. The number of hydrogen-bond acceptors (Lipinski definition) is 2. The van der Waals surface area contributed by atoms with Gasteiger partial charge in [0.1, 0.15) is 0 Å². The fraction of sp³-hybridized carbons (Fsp3) is 0.200. The Kier molecular flexibility index (Phi) is 3.27. The highest BCUT2D eigenvalue weighted by molar-refractivity contribution is 5.63. The van der Waals surface area contributed by atoms with Crippen LogP contribution in [0.5, 0.6) is 0 Å². The molecule has 0 saturated heterocycles. The molecule has 2 heterocycles. The number of aromatic nitrogens is 3. The van der Waals surface area contributed by atoms with Gasteiger partial charge in [-0.3, -0.25) is 9.89 Å². The Balaban J connectivity index is 2.20. The van der Waals surface area contributed by atoms with Crippen molar-refractivity contribution >= 4 is 5.65 Å². The minimum atomic E-state index is -4.43. The number of nitrogens with one attached hydrogen (secondary N) is 1. The van der Waals surface area contributed by atoms with Crippen LogP contribution >= 0.6 is 0 Å². The summed E-state index contributed by atoms with van der Waals surface area (Å²) in [6, 6.07) is 6.02. The number of halogens is 3. The first-order valence-electron chi connectivity index (χ1n) is 6.68. The second-order valence-electron chi connectivity index (χ2n) is 4.87. The normalized spacial score (nSPS) is 12.0. The summed E-state index contributed by atoms with van der Waals surface area (Å²) in [4.78, 5) is 16.4. The van der Waals surface area contributed by atoms with Crippen LogP contribution in [0.1, 0.15) is 18.1 Å². The lowest BCUT2D eigenvalue weighted by atomic mass is 10.1. The molecule has 114 valence electrons. The highest BCUT2D eigenvalue weighted by atomic mass is 19.4. The van der Waals surface area contributed by atoms with E-state index < -0.39 is 11.7 Å². The van der Waals surface area contributed by atoms with Gasteiger partial charge in [-0.25, -0.2) is 9.50 Å². The third kappa shape index (κ3) is 2.38. The molecule has 0 aliphatic heterocycles. The Morgan fingerprint density at radius 2 is 2.05 bits per heavy atom. The molecular weight excluding hydrogens is 295 g/mol. The number of rotatable bonds is 2. The Bertz CT molecular complexity index is 893. The summed E-state index contributed by atoms with van der Waals surface area (Å²) in [5.74, 6) is 0. The van der Waals surface area contributed by atoms with Crippen molar-refractivity contribution in [3.05, 3.63) is 58.0 Å². The molecule has 3 rings (SSSR count). The van der Waals surface area contributed by atoms with E-state index in [9.17, 15) is 18.0 Å². The minimum absolute atomic E-state index is 0.227. The van der Waals surface area contributed by atoms with Crippen LogP contribution in [0, 0.1) is 0 Å². The first kappa shape index (κ1) is 14.4. The maximum Gasteiger partial charge on any atom is 0.416 e. The average Bonchev–Trinajstić information content (AvgIpc) is 2.90. The summed E-state index contributed by atoms with van der Waals surface area (Å²) in [5, 5.41) is 2.78. The van der Waals surface area contributed by atoms with Crippen LogP contribution in [0.25, 0.3) is 16.9 Å². The van der Waals surface area contributed by atoms with Gasteiger partial charge in [0.2, 0.25) is 0 Å². The molecule has 7 heteroatoms. The summed E-state index contributed by atoms with van der Waals surface area (Å²) in [7, 11) is 0. The van der Waals surface area contributed by atoms with E-state index in [1.165, 1.54) is 22.7 Å². The number of fused-ring (bicyclic) bond motifs is 1. The molecule has 0 atom stereocenters. The summed E-state index contributed by atoms with van der Waals surface area (Å²) >= 11 is 0. The number of nitrogens with zero attached hydrogens (tertiary/aromatic N) is 2. The maximum absolute atomic E-state index is 12.8. The molecule has 0 amide bonds. The van der Waals surface area contributed by atoms with E-state index in [0.29, 0.717) is 12.1 Å². The highest BCUT2D eigenvalue weighted by Gasteiger charge is 2.30. The van der Waals surface area contributed by atoms with Gasteiger partial charge < -0.3 is 0 Å². The van der Waals surface area contributed by atoms with Crippen molar-refractivity contribution in [3.63, 3.8) is 0 Å². The molecule has 0 spiro atoms. The van der Waals surface area contributed by atoms with Gasteiger partial charge in [0, 0.05) is 23.4 Å². The predicted molar refractivity (Wildman–Crippen MR) is 75.6 cm³/mol. The topological polar surface area (TPSA) is 50.2 Å². The Morgan fingerprint density at radius 1 is 1.27 bits per heavy atom. The zero-order chi connectivity index (χ0) is 15.9. The predicted octanol–water partition coefficient (Wildman–Crippen LogP) is 3.27. The molecular formula is C15H12F3N3O. The molecule has 0 radical (unpaired) electrons. The Morgan fingerprint density at radius 3 is 2.73 bits per heavy atom. The van der Waals surface area contributed by atoms with Crippen LogP contribution in [-0.4, -0.2) is 14.6 Å². The van der Waals surface area contributed by atoms with Crippen molar-refractivity contribution in [3.8, 4) is 11.3 Å². The standard InChI is InChI=1S/C15H12F3N3O/c1-2-9-8-19-21-13(22)7-12(20-14(9)21)10-4-3-5-11(6-10)15(16,17)18/h3-8,19H,2H2,1H3. The van der Waals surface area contributed by atoms with Crippen molar-refractivity contribution in [2.24, 2.45) is 0 Å². The third-order valence-electron chi connectivity index (χ3n) is 3.44. The molecule has 4 nitrogen and oxygen atoms in total. The van der Waals surface area contributed by atoms with Crippen molar-refractivity contribution in [2.75, 3.05) is 0 Å². The van der Waals surface area contributed by atoms with Crippen molar-refractivity contribution in [1.82, 2.24) is 14.6 Å². The fourth-order valence-corrected chi connectivity index (χ4v) is 2.29. The average molecular weight is 307 g/mol. The lowest BCUT2D eigenvalue weighted by Gasteiger charge is -2.08. The Labute approximate surface area is 123 Å². The largest absolute Gasteiger partial charge is 0.416 e. The highest BCUT2D eigenvalue weighted by Crippen LogP contribution is 2.31. The summed E-state index contributed by atoms with van der Waals surface area (Å²) in [5.41, 5.74) is 0.616. The molecule has 0 fully saturated rings. The Hall–Kier alpha value is -2.57. The van der Waals surface area contributed by atoms with Crippen molar-refractivity contribution in [2.45, 2.75) is 19.5 Å². The number of aromatic amines is 1. The summed E-state index contributed by atoms with van der Waals surface area (Å²) in [6.45, 7) is 1.91. The van der Waals surface area contributed by atoms with Crippen LogP contribution < -0.4 is 5.56 Å². The first-order chi connectivity index (χ1) is 10.4. The zero-order valence-electron chi connectivity index (χ0n) is 11.6. The lowest BCUT2D eigenvalue weighted by molar-refractivity contribution is -0.137. The monoisotopic (exact) mass is 307 g/mol. The van der Waals surface area contributed by atoms with E-state index in [1.807, 2.05) is 6.92 Å². The smallest absolute Gasteiger partial charge is 0.297 e. The van der Waals surface area contributed by atoms with E-state index in [0.717, 1.165) is 17.7 Å². The minimum Gasteiger partial charge on any atom is -0.297 e. The first-order valence-corrected chi connectivity index (χ1v) is 6.68. The van der Waals surface area contributed by atoms with Gasteiger partial charge in [-0.05, 0) is 18.6 Å². The number of aryl methyl sites for hydroxylation is 1.